The molecule has 3 heteroatoms. The van der Waals surface area contributed by atoms with Crippen LogP contribution in [0.4, 0.5) is 5.82 Å². The standard InChI is InChI=1S/C9H13N3/c10-6-2-1-3-8-4-5-9(11)12-7-8/h1,3-5,7H,2,6,10H2,(H2,11,12). The number of nitrogen functional groups attached to an aromatic ring is 1. The fraction of sp³-hybridized carbons (Fsp3) is 0.222. The van der Waals surface area contributed by atoms with Crippen LogP contribution >= 0.6 is 0 Å². The first-order valence-electron chi connectivity index (χ1n) is 3.91. The van der Waals surface area contributed by atoms with Crippen molar-refractivity contribution in [1.29, 1.82) is 0 Å². The first kappa shape index (κ1) is 8.74. The van der Waals surface area contributed by atoms with E-state index >= 15 is 0 Å². The highest BCUT2D eigenvalue weighted by atomic mass is 14.8. The molecule has 0 bridgehead atoms. The topological polar surface area (TPSA) is 64.9 Å². The summed E-state index contributed by atoms with van der Waals surface area (Å²) in [6.07, 6.45) is 6.64. The highest BCUT2D eigenvalue weighted by Gasteiger charge is 1.86. The van der Waals surface area contributed by atoms with Gasteiger partial charge in [-0.05, 0) is 30.7 Å². The van der Waals surface area contributed by atoms with Crippen molar-refractivity contribution in [3.63, 3.8) is 0 Å². The molecule has 0 aliphatic heterocycles. The molecule has 0 aromatic carbocycles. The summed E-state index contributed by atoms with van der Waals surface area (Å²) in [5, 5.41) is 0. The number of anilines is 1. The maximum Gasteiger partial charge on any atom is 0.123 e. The van der Waals surface area contributed by atoms with Gasteiger partial charge in [-0.25, -0.2) is 4.98 Å². The molecule has 0 aliphatic carbocycles. The van der Waals surface area contributed by atoms with Crippen molar-refractivity contribution in [3.8, 4) is 0 Å². The minimum Gasteiger partial charge on any atom is -0.384 e. The van der Waals surface area contributed by atoms with E-state index in [2.05, 4.69) is 4.98 Å². The van der Waals surface area contributed by atoms with Crippen molar-refractivity contribution in [2.45, 2.75) is 6.42 Å². The Morgan fingerprint density at radius 1 is 1.42 bits per heavy atom. The van der Waals surface area contributed by atoms with Crippen molar-refractivity contribution in [2.24, 2.45) is 5.73 Å². The normalized spacial score (nSPS) is 10.8. The Bertz CT molecular complexity index is 251. The molecule has 0 unspecified atom stereocenters. The Morgan fingerprint density at radius 2 is 2.25 bits per heavy atom. The predicted octanol–water partition coefficient (Wildman–Crippen LogP) is 1.03. The summed E-state index contributed by atoms with van der Waals surface area (Å²) in [5.41, 5.74) is 11.8. The molecule has 64 valence electrons. The SMILES string of the molecule is NCCC=Cc1ccc(N)nc1. The largest absolute Gasteiger partial charge is 0.384 e. The van der Waals surface area contributed by atoms with Crippen LogP contribution in [0.1, 0.15) is 12.0 Å². The number of rotatable bonds is 3. The second kappa shape index (κ2) is 4.51. The average molecular weight is 163 g/mol. The molecule has 3 nitrogen and oxygen atoms in total. The third-order valence-corrected chi connectivity index (χ3v) is 1.45. The van der Waals surface area contributed by atoms with Gasteiger partial charge >= 0.3 is 0 Å². The van der Waals surface area contributed by atoms with E-state index in [1.54, 1.807) is 12.3 Å². The number of hydrogen-bond acceptors (Lipinski definition) is 3. The van der Waals surface area contributed by atoms with Crippen LogP contribution in [-0.4, -0.2) is 11.5 Å². The summed E-state index contributed by atoms with van der Waals surface area (Å²) >= 11 is 0. The van der Waals surface area contributed by atoms with Crippen LogP contribution in [0.5, 0.6) is 0 Å². The number of nitrogens with two attached hydrogens (primary N) is 2. The molecule has 0 amide bonds. The zero-order valence-electron chi connectivity index (χ0n) is 6.90. The second-order valence-electron chi connectivity index (χ2n) is 2.50. The summed E-state index contributed by atoms with van der Waals surface area (Å²) in [5.74, 6) is 0.547. The van der Waals surface area contributed by atoms with Gasteiger partial charge in [0.15, 0.2) is 0 Å². The molecule has 0 aliphatic rings. The van der Waals surface area contributed by atoms with Crippen molar-refractivity contribution < 1.29 is 0 Å². The number of aromatic nitrogens is 1. The molecule has 0 saturated heterocycles. The van der Waals surface area contributed by atoms with Crippen LogP contribution in [0.25, 0.3) is 6.08 Å². The quantitative estimate of drug-likeness (QED) is 0.699. The second-order valence-corrected chi connectivity index (χ2v) is 2.50. The maximum atomic E-state index is 5.43. The van der Waals surface area contributed by atoms with Crippen molar-refractivity contribution >= 4 is 11.9 Å². The molecule has 1 aromatic heterocycles. The zero-order valence-corrected chi connectivity index (χ0v) is 6.90. The van der Waals surface area contributed by atoms with E-state index in [4.69, 9.17) is 11.5 Å². The van der Waals surface area contributed by atoms with E-state index in [1.165, 1.54) is 0 Å². The van der Waals surface area contributed by atoms with Crippen LogP contribution < -0.4 is 11.5 Å². The van der Waals surface area contributed by atoms with Crippen LogP contribution in [-0.2, 0) is 0 Å². The molecule has 0 saturated carbocycles. The van der Waals surface area contributed by atoms with Crippen molar-refractivity contribution in [1.82, 2.24) is 4.98 Å². The molecular formula is C9H13N3. The lowest BCUT2D eigenvalue weighted by Crippen LogP contribution is -1.95. The van der Waals surface area contributed by atoms with Gasteiger partial charge in [0.1, 0.15) is 5.82 Å². The maximum absolute atomic E-state index is 5.43. The lowest BCUT2D eigenvalue weighted by molar-refractivity contribution is 1.01. The number of nitrogens with zero attached hydrogens (tertiary/aromatic N) is 1. The summed E-state index contributed by atoms with van der Waals surface area (Å²) in [6.45, 7) is 0.679. The van der Waals surface area contributed by atoms with Crippen molar-refractivity contribution in [3.05, 3.63) is 30.0 Å². The van der Waals surface area contributed by atoms with Crippen LogP contribution in [0, 0.1) is 0 Å². The van der Waals surface area contributed by atoms with Gasteiger partial charge in [0.25, 0.3) is 0 Å². The molecule has 0 fully saturated rings. The van der Waals surface area contributed by atoms with Crippen molar-refractivity contribution in [2.75, 3.05) is 12.3 Å². The van der Waals surface area contributed by atoms with E-state index in [0.29, 0.717) is 12.4 Å². The van der Waals surface area contributed by atoms with Gasteiger partial charge < -0.3 is 11.5 Å². The fourth-order valence-corrected chi connectivity index (χ4v) is 0.831. The van der Waals surface area contributed by atoms with E-state index < -0.39 is 0 Å². The van der Waals surface area contributed by atoms with Crippen LogP contribution in [0.15, 0.2) is 24.4 Å². The van der Waals surface area contributed by atoms with Gasteiger partial charge in [-0.1, -0.05) is 12.2 Å². The molecule has 0 radical (unpaired) electrons. The predicted molar refractivity (Wildman–Crippen MR) is 51.4 cm³/mol. The molecule has 12 heavy (non-hydrogen) atoms. The Morgan fingerprint density at radius 3 is 2.83 bits per heavy atom. The number of pyridine rings is 1. The van der Waals surface area contributed by atoms with Gasteiger partial charge in [0.2, 0.25) is 0 Å². The molecule has 1 aromatic rings. The van der Waals surface area contributed by atoms with Crippen LogP contribution in [0.2, 0.25) is 0 Å². The smallest absolute Gasteiger partial charge is 0.123 e. The molecule has 1 heterocycles. The summed E-state index contributed by atoms with van der Waals surface area (Å²) < 4.78 is 0. The van der Waals surface area contributed by atoms with Crippen LogP contribution in [0.3, 0.4) is 0 Å². The van der Waals surface area contributed by atoms with Gasteiger partial charge in [0.05, 0.1) is 0 Å². The Kier molecular flexibility index (Phi) is 3.29. The first-order chi connectivity index (χ1) is 5.83. The van der Waals surface area contributed by atoms with Gasteiger partial charge in [-0.2, -0.15) is 0 Å². The monoisotopic (exact) mass is 163 g/mol. The van der Waals surface area contributed by atoms with E-state index in [9.17, 15) is 0 Å². The lowest BCUT2D eigenvalue weighted by Gasteiger charge is -1.93. The minimum atomic E-state index is 0.547. The van der Waals surface area contributed by atoms with Gasteiger partial charge in [0, 0.05) is 6.20 Å². The van der Waals surface area contributed by atoms with E-state index in [0.717, 1.165) is 12.0 Å². The Balaban J connectivity index is 2.58. The highest BCUT2D eigenvalue weighted by molar-refractivity contribution is 5.49. The summed E-state index contributed by atoms with van der Waals surface area (Å²) in [7, 11) is 0. The molecule has 0 atom stereocenters. The first-order valence-corrected chi connectivity index (χ1v) is 3.91. The average Bonchev–Trinajstić information content (AvgIpc) is 2.09. The molecule has 0 spiro atoms. The van der Waals surface area contributed by atoms with Gasteiger partial charge in [-0.3, -0.25) is 0 Å². The number of hydrogen-bond donors (Lipinski definition) is 2. The highest BCUT2D eigenvalue weighted by Crippen LogP contribution is 2.03. The summed E-state index contributed by atoms with van der Waals surface area (Å²) in [4.78, 5) is 3.95. The van der Waals surface area contributed by atoms with E-state index in [-0.39, 0.29) is 0 Å². The Labute approximate surface area is 72.1 Å². The summed E-state index contributed by atoms with van der Waals surface area (Å²) in [6, 6.07) is 3.71. The van der Waals surface area contributed by atoms with Gasteiger partial charge in [-0.15, -0.1) is 0 Å². The third-order valence-electron chi connectivity index (χ3n) is 1.45. The molecular weight excluding hydrogens is 150 g/mol. The Hall–Kier alpha value is -1.35. The minimum absolute atomic E-state index is 0.547. The third kappa shape index (κ3) is 2.72. The fourth-order valence-electron chi connectivity index (χ4n) is 0.831. The van der Waals surface area contributed by atoms with E-state index in [1.807, 2.05) is 18.2 Å². The zero-order chi connectivity index (χ0) is 8.81. The lowest BCUT2D eigenvalue weighted by atomic mass is 10.2. The molecule has 4 N–H and O–H groups in total. The molecule has 1 rings (SSSR count).